The molecule has 1 aromatic carbocycles. The molecule has 112 valence electrons. The molecule has 1 N–H and O–H groups in total. The molecule has 0 saturated heterocycles. The monoisotopic (exact) mass is 326 g/mol. The van der Waals surface area contributed by atoms with Gasteiger partial charge in [-0.05, 0) is 30.5 Å². The molecule has 0 fully saturated rings. The molecule has 21 heavy (non-hydrogen) atoms. The topological polar surface area (TPSA) is 54.9 Å². The van der Waals surface area contributed by atoms with Gasteiger partial charge in [0.25, 0.3) is 5.56 Å². The van der Waals surface area contributed by atoms with Gasteiger partial charge in [0.05, 0.1) is 5.56 Å². The van der Waals surface area contributed by atoms with E-state index in [0.717, 1.165) is 0 Å². The predicted molar refractivity (Wildman–Crippen MR) is 86.4 cm³/mol. The van der Waals surface area contributed by atoms with E-state index in [2.05, 4.69) is 4.98 Å². The normalized spacial score (nSPS) is 11.1. The fourth-order valence-electron chi connectivity index (χ4n) is 2.40. The van der Waals surface area contributed by atoms with E-state index in [1.807, 2.05) is 13.8 Å². The lowest BCUT2D eigenvalue weighted by atomic mass is 10.1. The van der Waals surface area contributed by atoms with E-state index >= 15 is 0 Å². The Morgan fingerprint density at radius 2 is 1.86 bits per heavy atom. The molecule has 2 rings (SSSR count). The van der Waals surface area contributed by atoms with Gasteiger partial charge in [0, 0.05) is 11.1 Å². The highest BCUT2D eigenvalue weighted by Gasteiger charge is 2.19. The third kappa shape index (κ3) is 3.06. The maximum Gasteiger partial charge on any atom is 0.329 e. The summed E-state index contributed by atoms with van der Waals surface area (Å²) in [5.74, 6) is 0. The van der Waals surface area contributed by atoms with Crippen LogP contribution in [0, 0.1) is 0 Å². The Labute approximate surface area is 132 Å². The van der Waals surface area contributed by atoms with E-state index in [0.29, 0.717) is 23.4 Å². The smallest absolute Gasteiger partial charge is 0.297 e. The summed E-state index contributed by atoms with van der Waals surface area (Å²) >= 11 is 12.0. The first-order chi connectivity index (χ1) is 9.99. The minimum atomic E-state index is -0.482. The highest BCUT2D eigenvalue weighted by atomic mass is 35.5. The molecule has 4 nitrogen and oxygen atoms in total. The zero-order valence-corrected chi connectivity index (χ0v) is 13.3. The van der Waals surface area contributed by atoms with E-state index in [9.17, 15) is 9.59 Å². The molecule has 1 heterocycles. The van der Waals surface area contributed by atoms with Crippen molar-refractivity contribution in [2.75, 3.05) is 0 Å². The van der Waals surface area contributed by atoms with E-state index in [4.69, 9.17) is 23.2 Å². The Balaban J connectivity index is 2.76. The minimum Gasteiger partial charge on any atom is -0.297 e. The molecule has 0 amide bonds. The van der Waals surface area contributed by atoms with Gasteiger partial charge in [0.2, 0.25) is 0 Å². The lowest BCUT2D eigenvalue weighted by Crippen LogP contribution is -2.38. The second-order valence-corrected chi connectivity index (χ2v) is 5.59. The molecule has 1 aromatic heterocycles. The van der Waals surface area contributed by atoms with Gasteiger partial charge in [-0.2, -0.15) is 0 Å². The molecule has 0 aliphatic heterocycles. The van der Waals surface area contributed by atoms with Crippen LogP contribution in [0.15, 0.2) is 33.9 Å². The van der Waals surface area contributed by atoms with Gasteiger partial charge in [0.15, 0.2) is 0 Å². The number of aromatic amines is 1. The summed E-state index contributed by atoms with van der Waals surface area (Å²) in [5, 5.41) is 0.540. The standard InChI is InChI=1S/C15H16Cl2N2O2/c1-3-11(4-2)19-14(20)12(13(17)18-15(19)21)9-6-5-7-10(16)8-9/h5-8,11H,3-4H2,1-2H3,(H,18,21). The molecule has 0 aliphatic rings. The molecular formula is C15H16Cl2N2O2. The zero-order valence-electron chi connectivity index (χ0n) is 11.8. The molecule has 2 aromatic rings. The van der Waals surface area contributed by atoms with Crippen LogP contribution in [-0.4, -0.2) is 9.55 Å². The fraction of sp³-hybridized carbons (Fsp3) is 0.333. The van der Waals surface area contributed by atoms with Crippen molar-refractivity contribution < 1.29 is 0 Å². The van der Waals surface area contributed by atoms with Crippen LogP contribution in [0.25, 0.3) is 11.1 Å². The third-order valence-corrected chi connectivity index (χ3v) is 4.03. The SMILES string of the molecule is CCC(CC)n1c(=O)[nH]c(Cl)c(-c2cccc(Cl)c2)c1=O. The van der Waals surface area contributed by atoms with Crippen LogP contribution < -0.4 is 11.2 Å². The van der Waals surface area contributed by atoms with Gasteiger partial charge in [0.1, 0.15) is 5.15 Å². The number of H-pyrrole nitrogens is 1. The fourth-order valence-corrected chi connectivity index (χ4v) is 2.86. The summed E-state index contributed by atoms with van der Waals surface area (Å²) in [4.78, 5) is 27.3. The Bertz CT molecular complexity index is 761. The summed E-state index contributed by atoms with van der Waals surface area (Å²) in [6.45, 7) is 3.88. The molecule has 0 unspecified atom stereocenters. The lowest BCUT2D eigenvalue weighted by molar-refractivity contribution is 0.440. The van der Waals surface area contributed by atoms with Crippen molar-refractivity contribution in [1.29, 1.82) is 0 Å². The van der Waals surface area contributed by atoms with Crippen LogP contribution in [0.3, 0.4) is 0 Å². The van der Waals surface area contributed by atoms with Crippen LogP contribution in [0.2, 0.25) is 10.2 Å². The molecular weight excluding hydrogens is 311 g/mol. The number of halogens is 2. The second kappa shape index (κ2) is 6.50. The molecule has 0 saturated carbocycles. The van der Waals surface area contributed by atoms with Gasteiger partial charge >= 0.3 is 5.69 Å². The van der Waals surface area contributed by atoms with Crippen LogP contribution >= 0.6 is 23.2 Å². The van der Waals surface area contributed by atoms with Crippen LogP contribution in [-0.2, 0) is 0 Å². The van der Waals surface area contributed by atoms with E-state index in [1.54, 1.807) is 24.3 Å². The van der Waals surface area contributed by atoms with Crippen molar-refractivity contribution >= 4 is 23.2 Å². The van der Waals surface area contributed by atoms with Crippen molar-refractivity contribution in [2.45, 2.75) is 32.7 Å². The molecule has 0 radical (unpaired) electrons. The number of hydrogen-bond donors (Lipinski definition) is 1. The maximum absolute atomic E-state index is 12.7. The number of hydrogen-bond acceptors (Lipinski definition) is 2. The van der Waals surface area contributed by atoms with Crippen molar-refractivity contribution in [2.24, 2.45) is 0 Å². The number of nitrogens with zero attached hydrogens (tertiary/aromatic N) is 1. The van der Waals surface area contributed by atoms with Crippen LogP contribution in [0.4, 0.5) is 0 Å². The van der Waals surface area contributed by atoms with Crippen molar-refractivity contribution in [3.8, 4) is 11.1 Å². The second-order valence-electron chi connectivity index (χ2n) is 4.77. The highest BCUT2D eigenvalue weighted by molar-refractivity contribution is 6.32. The summed E-state index contributed by atoms with van der Waals surface area (Å²) < 4.78 is 1.24. The van der Waals surface area contributed by atoms with Gasteiger partial charge in [-0.15, -0.1) is 0 Å². The van der Waals surface area contributed by atoms with Gasteiger partial charge < -0.3 is 0 Å². The summed E-state index contributed by atoms with van der Waals surface area (Å²) in [6.07, 6.45) is 1.38. The first-order valence-electron chi connectivity index (χ1n) is 6.79. The third-order valence-electron chi connectivity index (χ3n) is 3.51. The average molecular weight is 327 g/mol. The molecule has 0 aliphatic carbocycles. The molecule has 0 bridgehead atoms. The van der Waals surface area contributed by atoms with Crippen molar-refractivity contribution in [1.82, 2.24) is 9.55 Å². The Morgan fingerprint density at radius 3 is 2.43 bits per heavy atom. The molecule has 0 spiro atoms. The first kappa shape index (κ1) is 15.9. The van der Waals surface area contributed by atoms with Gasteiger partial charge in [-0.3, -0.25) is 14.3 Å². The summed E-state index contributed by atoms with van der Waals surface area (Å²) in [5.41, 5.74) is -0.0108. The Morgan fingerprint density at radius 1 is 1.19 bits per heavy atom. The summed E-state index contributed by atoms with van der Waals surface area (Å²) in [6, 6.07) is 6.69. The lowest BCUT2D eigenvalue weighted by Gasteiger charge is -2.16. The average Bonchev–Trinajstić information content (AvgIpc) is 2.43. The van der Waals surface area contributed by atoms with E-state index in [1.165, 1.54) is 4.57 Å². The molecule has 6 heteroatoms. The Kier molecular flexibility index (Phi) is 4.91. The molecule has 0 atom stereocenters. The largest absolute Gasteiger partial charge is 0.329 e. The van der Waals surface area contributed by atoms with Crippen LogP contribution in [0.5, 0.6) is 0 Å². The predicted octanol–water partition coefficient (Wildman–Crippen LogP) is 3.87. The van der Waals surface area contributed by atoms with Gasteiger partial charge in [-0.1, -0.05) is 49.2 Å². The van der Waals surface area contributed by atoms with E-state index < -0.39 is 5.69 Å². The zero-order chi connectivity index (χ0) is 15.6. The summed E-state index contributed by atoms with van der Waals surface area (Å²) in [7, 11) is 0. The van der Waals surface area contributed by atoms with Crippen LogP contribution in [0.1, 0.15) is 32.7 Å². The van der Waals surface area contributed by atoms with E-state index in [-0.39, 0.29) is 22.3 Å². The number of benzene rings is 1. The van der Waals surface area contributed by atoms with Crippen molar-refractivity contribution in [3.05, 3.63) is 55.3 Å². The quantitative estimate of drug-likeness (QED) is 0.867. The first-order valence-corrected chi connectivity index (χ1v) is 7.55. The Hall–Kier alpha value is -1.52. The number of aromatic nitrogens is 2. The maximum atomic E-state index is 12.7. The number of nitrogens with one attached hydrogen (secondary N) is 1. The minimum absolute atomic E-state index is 0.0365. The number of rotatable bonds is 4. The highest BCUT2D eigenvalue weighted by Crippen LogP contribution is 2.25. The van der Waals surface area contributed by atoms with Crippen molar-refractivity contribution in [3.63, 3.8) is 0 Å². The van der Waals surface area contributed by atoms with Gasteiger partial charge in [-0.25, -0.2) is 4.79 Å².